The summed E-state index contributed by atoms with van der Waals surface area (Å²) in [6, 6.07) is 0. The molecule has 0 spiro atoms. The number of hydrogen-bond acceptors (Lipinski definition) is 1. The molecular formula is C7H10BrClN2. The van der Waals surface area contributed by atoms with E-state index in [9.17, 15) is 0 Å². The number of hydrogen-bond donors (Lipinski definition) is 0. The molecule has 0 radical (unpaired) electrons. The smallest absolute Gasteiger partial charge is 0.130 e. The van der Waals surface area contributed by atoms with Crippen LogP contribution >= 0.6 is 27.5 Å². The third kappa shape index (κ3) is 1.76. The summed E-state index contributed by atoms with van der Waals surface area (Å²) in [6.45, 7) is 1.98. The first kappa shape index (κ1) is 9.07. The fourth-order valence-corrected chi connectivity index (χ4v) is 1.72. The predicted molar refractivity (Wildman–Crippen MR) is 50.5 cm³/mol. The molecule has 62 valence electrons. The molecule has 0 aliphatic heterocycles. The van der Waals surface area contributed by atoms with Crippen molar-refractivity contribution in [1.29, 1.82) is 0 Å². The van der Waals surface area contributed by atoms with Gasteiger partial charge in [0.25, 0.3) is 0 Å². The lowest BCUT2D eigenvalue weighted by atomic mass is 10.2. The number of alkyl halides is 1. The monoisotopic (exact) mass is 236 g/mol. The van der Waals surface area contributed by atoms with Gasteiger partial charge in [0, 0.05) is 17.9 Å². The van der Waals surface area contributed by atoms with Crippen LogP contribution in [0, 0.1) is 6.92 Å². The van der Waals surface area contributed by atoms with E-state index in [-0.39, 0.29) is 0 Å². The van der Waals surface area contributed by atoms with E-state index in [1.54, 1.807) is 4.68 Å². The van der Waals surface area contributed by atoms with Crippen LogP contribution in [0.5, 0.6) is 0 Å². The minimum Gasteiger partial charge on any atom is -0.257 e. The van der Waals surface area contributed by atoms with Crippen molar-refractivity contribution in [1.82, 2.24) is 9.78 Å². The third-order valence-electron chi connectivity index (χ3n) is 1.61. The van der Waals surface area contributed by atoms with E-state index >= 15 is 0 Å². The first-order valence-corrected chi connectivity index (χ1v) is 4.90. The Labute approximate surface area is 79.7 Å². The second kappa shape index (κ2) is 3.59. The number of rotatable bonds is 2. The van der Waals surface area contributed by atoms with Crippen LogP contribution in [0.3, 0.4) is 0 Å². The first-order chi connectivity index (χ1) is 5.16. The van der Waals surface area contributed by atoms with Crippen LogP contribution in [-0.2, 0) is 13.5 Å². The van der Waals surface area contributed by atoms with Crippen molar-refractivity contribution in [3.63, 3.8) is 0 Å². The molecule has 0 saturated heterocycles. The molecule has 0 aromatic carbocycles. The summed E-state index contributed by atoms with van der Waals surface area (Å²) in [5.41, 5.74) is 2.17. The molecule has 0 bridgehead atoms. The molecule has 1 aromatic heterocycles. The van der Waals surface area contributed by atoms with Gasteiger partial charge in [-0.3, -0.25) is 4.68 Å². The molecule has 0 fully saturated rings. The zero-order chi connectivity index (χ0) is 8.43. The molecule has 0 saturated carbocycles. The Kier molecular flexibility index (Phi) is 2.96. The minimum atomic E-state index is 0.752. The van der Waals surface area contributed by atoms with Crippen LogP contribution < -0.4 is 0 Å². The van der Waals surface area contributed by atoms with Crippen LogP contribution in [0.15, 0.2) is 0 Å². The van der Waals surface area contributed by atoms with Crippen LogP contribution in [-0.4, -0.2) is 15.1 Å². The van der Waals surface area contributed by atoms with Crippen molar-refractivity contribution < 1.29 is 0 Å². The zero-order valence-corrected chi connectivity index (χ0v) is 8.91. The standard InChI is InChI=1S/C7H10BrClN2/c1-5-6(3-4-8)7(9)11(2)10-5/h3-4H2,1-2H3. The number of aryl methyl sites for hydroxylation is 2. The molecule has 0 aliphatic rings. The van der Waals surface area contributed by atoms with Crippen molar-refractivity contribution in [2.75, 3.05) is 5.33 Å². The van der Waals surface area contributed by atoms with Gasteiger partial charge in [-0.25, -0.2) is 0 Å². The molecule has 0 unspecified atom stereocenters. The summed E-state index contributed by atoms with van der Waals surface area (Å²) in [6.07, 6.45) is 0.943. The maximum Gasteiger partial charge on any atom is 0.130 e. The summed E-state index contributed by atoms with van der Waals surface area (Å²) in [4.78, 5) is 0. The Morgan fingerprint density at radius 2 is 2.27 bits per heavy atom. The SMILES string of the molecule is Cc1nn(C)c(Cl)c1CCBr. The Morgan fingerprint density at radius 1 is 1.64 bits per heavy atom. The van der Waals surface area contributed by atoms with E-state index in [0.29, 0.717) is 0 Å². The quantitative estimate of drug-likeness (QED) is 0.722. The van der Waals surface area contributed by atoms with E-state index < -0.39 is 0 Å². The average molecular weight is 238 g/mol. The molecule has 0 atom stereocenters. The number of nitrogens with zero attached hydrogens (tertiary/aromatic N) is 2. The highest BCUT2D eigenvalue weighted by Crippen LogP contribution is 2.19. The fourth-order valence-electron chi connectivity index (χ4n) is 1.05. The molecular weight excluding hydrogens is 227 g/mol. The average Bonchev–Trinajstić information content (AvgIpc) is 2.17. The summed E-state index contributed by atoms with van der Waals surface area (Å²) in [5, 5.41) is 5.87. The topological polar surface area (TPSA) is 17.8 Å². The Bertz CT molecular complexity index is 257. The molecule has 0 N–H and O–H groups in total. The van der Waals surface area contributed by atoms with Crippen molar-refractivity contribution in [3.05, 3.63) is 16.4 Å². The maximum absolute atomic E-state index is 5.97. The molecule has 0 aliphatic carbocycles. The maximum atomic E-state index is 5.97. The number of halogens is 2. The molecule has 2 nitrogen and oxygen atoms in total. The lowest BCUT2D eigenvalue weighted by Crippen LogP contribution is -1.89. The second-order valence-electron chi connectivity index (χ2n) is 2.42. The van der Waals surface area contributed by atoms with Gasteiger partial charge in [0.05, 0.1) is 5.69 Å². The van der Waals surface area contributed by atoms with E-state index in [4.69, 9.17) is 11.6 Å². The molecule has 1 aromatic rings. The Balaban J connectivity index is 3.02. The summed E-state index contributed by atoms with van der Waals surface area (Å²) < 4.78 is 1.70. The zero-order valence-electron chi connectivity index (χ0n) is 6.56. The van der Waals surface area contributed by atoms with Gasteiger partial charge in [0.2, 0.25) is 0 Å². The van der Waals surface area contributed by atoms with Gasteiger partial charge < -0.3 is 0 Å². The summed E-state index contributed by atoms with van der Waals surface area (Å²) in [7, 11) is 1.85. The Hall–Kier alpha value is -0.0200. The molecule has 11 heavy (non-hydrogen) atoms. The van der Waals surface area contributed by atoms with Gasteiger partial charge in [-0.1, -0.05) is 27.5 Å². The highest BCUT2D eigenvalue weighted by Gasteiger charge is 2.09. The normalized spacial score (nSPS) is 10.5. The molecule has 1 rings (SSSR count). The summed E-state index contributed by atoms with van der Waals surface area (Å²) in [5.74, 6) is 0. The fraction of sp³-hybridized carbons (Fsp3) is 0.571. The van der Waals surface area contributed by atoms with Crippen LogP contribution in [0.1, 0.15) is 11.3 Å². The van der Waals surface area contributed by atoms with Gasteiger partial charge in [0.15, 0.2) is 0 Å². The third-order valence-corrected chi connectivity index (χ3v) is 2.48. The number of aromatic nitrogens is 2. The van der Waals surface area contributed by atoms with E-state index in [2.05, 4.69) is 21.0 Å². The lowest BCUT2D eigenvalue weighted by molar-refractivity contribution is 0.757. The molecule has 1 heterocycles. The highest BCUT2D eigenvalue weighted by molar-refractivity contribution is 9.09. The summed E-state index contributed by atoms with van der Waals surface area (Å²) >= 11 is 9.34. The molecule has 0 amide bonds. The van der Waals surface area contributed by atoms with Gasteiger partial charge >= 0.3 is 0 Å². The van der Waals surface area contributed by atoms with Gasteiger partial charge in [-0.15, -0.1) is 0 Å². The van der Waals surface area contributed by atoms with E-state index in [0.717, 1.165) is 28.2 Å². The van der Waals surface area contributed by atoms with E-state index in [1.807, 2.05) is 14.0 Å². The van der Waals surface area contributed by atoms with Gasteiger partial charge in [0.1, 0.15) is 5.15 Å². The van der Waals surface area contributed by atoms with Crippen molar-refractivity contribution >= 4 is 27.5 Å². The Morgan fingerprint density at radius 3 is 2.64 bits per heavy atom. The van der Waals surface area contributed by atoms with Crippen molar-refractivity contribution in [2.45, 2.75) is 13.3 Å². The van der Waals surface area contributed by atoms with Crippen LogP contribution in [0.25, 0.3) is 0 Å². The largest absolute Gasteiger partial charge is 0.257 e. The van der Waals surface area contributed by atoms with Crippen molar-refractivity contribution in [3.8, 4) is 0 Å². The molecule has 4 heteroatoms. The van der Waals surface area contributed by atoms with Crippen molar-refractivity contribution in [2.24, 2.45) is 7.05 Å². The lowest BCUT2D eigenvalue weighted by Gasteiger charge is -1.94. The predicted octanol–water partition coefficient (Wildman–Crippen LogP) is 2.32. The highest BCUT2D eigenvalue weighted by atomic mass is 79.9. The minimum absolute atomic E-state index is 0.752. The van der Waals surface area contributed by atoms with Crippen LogP contribution in [0.2, 0.25) is 5.15 Å². The second-order valence-corrected chi connectivity index (χ2v) is 3.57. The first-order valence-electron chi connectivity index (χ1n) is 3.40. The van der Waals surface area contributed by atoms with Crippen LogP contribution in [0.4, 0.5) is 0 Å². The van der Waals surface area contributed by atoms with E-state index in [1.165, 1.54) is 0 Å². The van der Waals surface area contributed by atoms with Gasteiger partial charge in [-0.2, -0.15) is 5.10 Å². The van der Waals surface area contributed by atoms with Gasteiger partial charge in [-0.05, 0) is 13.3 Å².